The van der Waals surface area contributed by atoms with Gasteiger partial charge in [-0.25, -0.2) is 0 Å². The first kappa shape index (κ1) is 22.0. The maximum Gasteiger partial charge on any atom is 0.278 e. The van der Waals surface area contributed by atoms with Crippen LogP contribution in [-0.2, 0) is 13.1 Å². The van der Waals surface area contributed by atoms with E-state index in [9.17, 15) is 9.59 Å². The number of benzene rings is 2. The van der Waals surface area contributed by atoms with Crippen molar-refractivity contribution in [1.82, 2.24) is 19.6 Å². The number of rotatable bonds is 7. The van der Waals surface area contributed by atoms with Gasteiger partial charge in [0.1, 0.15) is 0 Å². The number of amides is 2. The maximum atomic E-state index is 13.0. The molecule has 0 aliphatic rings. The Morgan fingerprint density at radius 1 is 0.909 bits per heavy atom. The predicted octanol–water partition coefficient (Wildman–Crippen LogP) is 4.27. The van der Waals surface area contributed by atoms with E-state index in [0.717, 1.165) is 17.0 Å². The number of nitrogens with zero attached hydrogens (tertiary/aromatic N) is 4. The van der Waals surface area contributed by atoms with E-state index < -0.39 is 0 Å². The summed E-state index contributed by atoms with van der Waals surface area (Å²) in [6.45, 7) is 7.01. The molecule has 0 saturated carbocycles. The lowest BCUT2D eigenvalue weighted by Gasteiger charge is -2.09. The molecule has 0 unspecified atom stereocenters. The quantitative estimate of drug-likeness (QED) is 0.447. The first-order valence-electron chi connectivity index (χ1n) is 10.8. The van der Waals surface area contributed by atoms with Crippen molar-refractivity contribution in [2.45, 2.75) is 33.9 Å². The summed E-state index contributed by atoms with van der Waals surface area (Å²) >= 11 is 0. The van der Waals surface area contributed by atoms with Crippen LogP contribution >= 0.6 is 0 Å². The number of anilines is 2. The second kappa shape index (κ2) is 9.52. The fourth-order valence-corrected chi connectivity index (χ4v) is 3.57. The molecule has 8 heteroatoms. The van der Waals surface area contributed by atoms with Crippen molar-refractivity contribution >= 4 is 23.2 Å². The highest BCUT2D eigenvalue weighted by Gasteiger charge is 2.19. The number of hydrogen-bond donors (Lipinski definition) is 2. The van der Waals surface area contributed by atoms with Crippen LogP contribution in [-0.4, -0.2) is 31.4 Å². The molecule has 0 saturated heterocycles. The second-order valence-electron chi connectivity index (χ2n) is 7.81. The SMILES string of the molecule is CCn1cc(NC(=O)c2cccc(Cn3nc(C)cc3C)c2)c(C(=O)Nc2ccccc2)n1. The fraction of sp³-hybridized carbons (Fsp3) is 0.200. The standard InChI is InChI=1S/C25H26N6O2/c1-4-30-16-22(23(29-30)25(33)26-21-11-6-5-7-12-21)27-24(32)20-10-8-9-19(14-20)15-31-18(3)13-17(2)28-31/h5-14,16H,4,15H2,1-3H3,(H,26,33)(H,27,32). The Hall–Kier alpha value is -4.20. The van der Waals surface area contributed by atoms with E-state index in [2.05, 4.69) is 20.8 Å². The number of aromatic nitrogens is 4. The van der Waals surface area contributed by atoms with Crippen LogP contribution in [0.1, 0.15) is 44.7 Å². The minimum absolute atomic E-state index is 0.160. The maximum absolute atomic E-state index is 13.0. The highest BCUT2D eigenvalue weighted by molar-refractivity contribution is 6.11. The summed E-state index contributed by atoms with van der Waals surface area (Å²) in [5.74, 6) is -0.698. The largest absolute Gasteiger partial charge is 0.321 e. The molecule has 2 N–H and O–H groups in total. The third kappa shape index (κ3) is 5.17. The van der Waals surface area contributed by atoms with Crippen molar-refractivity contribution in [2.24, 2.45) is 0 Å². The van der Waals surface area contributed by atoms with Crippen LogP contribution in [0, 0.1) is 13.8 Å². The van der Waals surface area contributed by atoms with Crippen molar-refractivity contribution in [3.8, 4) is 0 Å². The van der Waals surface area contributed by atoms with Gasteiger partial charge in [0.2, 0.25) is 0 Å². The predicted molar refractivity (Wildman–Crippen MR) is 127 cm³/mol. The third-order valence-electron chi connectivity index (χ3n) is 5.21. The second-order valence-corrected chi connectivity index (χ2v) is 7.81. The molecule has 0 aliphatic carbocycles. The molecule has 0 spiro atoms. The third-order valence-corrected chi connectivity index (χ3v) is 5.21. The van der Waals surface area contributed by atoms with Crippen molar-refractivity contribution in [2.75, 3.05) is 10.6 Å². The average Bonchev–Trinajstić information content (AvgIpc) is 3.36. The summed E-state index contributed by atoms with van der Waals surface area (Å²) in [6, 6.07) is 18.5. The molecule has 0 atom stereocenters. The van der Waals surface area contributed by atoms with Crippen molar-refractivity contribution in [1.29, 1.82) is 0 Å². The van der Waals surface area contributed by atoms with E-state index in [1.54, 1.807) is 29.1 Å². The van der Waals surface area contributed by atoms with Crippen molar-refractivity contribution in [3.63, 3.8) is 0 Å². The molecular formula is C25H26N6O2. The van der Waals surface area contributed by atoms with Crippen molar-refractivity contribution < 1.29 is 9.59 Å². The lowest BCUT2D eigenvalue weighted by molar-refractivity contribution is 0.102. The molecule has 168 valence electrons. The Morgan fingerprint density at radius 3 is 2.39 bits per heavy atom. The first-order chi connectivity index (χ1) is 15.9. The summed E-state index contributed by atoms with van der Waals surface area (Å²) in [6.07, 6.45) is 1.66. The van der Waals surface area contributed by atoms with Gasteiger partial charge in [0, 0.05) is 29.7 Å². The van der Waals surface area contributed by atoms with Gasteiger partial charge in [-0.2, -0.15) is 10.2 Å². The van der Waals surface area contributed by atoms with E-state index in [1.165, 1.54) is 0 Å². The topological polar surface area (TPSA) is 93.8 Å². The van der Waals surface area contributed by atoms with E-state index in [4.69, 9.17) is 0 Å². The van der Waals surface area contributed by atoms with Gasteiger partial charge in [0.15, 0.2) is 5.69 Å². The Labute approximate surface area is 192 Å². The first-order valence-corrected chi connectivity index (χ1v) is 10.8. The summed E-state index contributed by atoms with van der Waals surface area (Å²) in [7, 11) is 0. The summed E-state index contributed by atoms with van der Waals surface area (Å²) in [4.78, 5) is 25.8. The molecule has 0 radical (unpaired) electrons. The van der Waals surface area contributed by atoms with Crippen LogP contribution in [0.3, 0.4) is 0 Å². The van der Waals surface area contributed by atoms with Gasteiger partial charge in [-0.3, -0.25) is 19.0 Å². The fourth-order valence-electron chi connectivity index (χ4n) is 3.57. The highest BCUT2D eigenvalue weighted by atomic mass is 16.2. The molecule has 2 aromatic carbocycles. The van der Waals surface area contributed by atoms with E-state index in [1.807, 2.05) is 67.9 Å². The minimum atomic E-state index is -0.387. The van der Waals surface area contributed by atoms with Crippen molar-refractivity contribution in [3.05, 3.63) is 95.1 Å². The summed E-state index contributed by atoms with van der Waals surface area (Å²) in [5.41, 5.74) is 4.64. The van der Waals surface area contributed by atoms with Gasteiger partial charge < -0.3 is 10.6 Å². The van der Waals surface area contributed by atoms with Gasteiger partial charge in [-0.15, -0.1) is 0 Å². The van der Waals surface area contributed by atoms with E-state index >= 15 is 0 Å². The molecule has 4 aromatic rings. The number of para-hydroxylation sites is 1. The average molecular weight is 443 g/mol. The molecule has 4 rings (SSSR count). The minimum Gasteiger partial charge on any atom is -0.321 e. The van der Waals surface area contributed by atoms with Crippen LogP contribution in [0.2, 0.25) is 0 Å². The molecule has 2 aromatic heterocycles. The van der Waals surface area contributed by atoms with Crippen LogP contribution in [0.5, 0.6) is 0 Å². The molecule has 2 amide bonds. The monoisotopic (exact) mass is 442 g/mol. The normalized spacial score (nSPS) is 10.8. The molecular weight excluding hydrogens is 416 g/mol. The zero-order chi connectivity index (χ0) is 23.4. The van der Waals surface area contributed by atoms with Gasteiger partial charge >= 0.3 is 0 Å². The number of nitrogens with one attached hydrogen (secondary N) is 2. The molecule has 8 nitrogen and oxygen atoms in total. The molecule has 0 aliphatic heterocycles. The lowest BCUT2D eigenvalue weighted by atomic mass is 10.1. The Morgan fingerprint density at radius 2 is 1.70 bits per heavy atom. The van der Waals surface area contributed by atoms with Crippen LogP contribution in [0.4, 0.5) is 11.4 Å². The van der Waals surface area contributed by atoms with Gasteiger partial charge in [0.25, 0.3) is 11.8 Å². The zero-order valence-corrected chi connectivity index (χ0v) is 18.9. The lowest BCUT2D eigenvalue weighted by Crippen LogP contribution is -2.18. The van der Waals surface area contributed by atoms with E-state index in [-0.39, 0.29) is 17.5 Å². The molecule has 0 bridgehead atoms. The Kier molecular flexibility index (Phi) is 6.35. The number of carbonyl (C=O) groups is 2. The van der Waals surface area contributed by atoms with Gasteiger partial charge in [-0.1, -0.05) is 30.3 Å². The highest BCUT2D eigenvalue weighted by Crippen LogP contribution is 2.18. The van der Waals surface area contributed by atoms with Crippen LogP contribution in [0.15, 0.2) is 66.9 Å². The van der Waals surface area contributed by atoms with Gasteiger partial charge in [0.05, 0.1) is 17.9 Å². The number of aryl methyl sites for hydroxylation is 3. The zero-order valence-electron chi connectivity index (χ0n) is 18.9. The molecule has 2 heterocycles. The molecule has 33 heavy (non-hydrogen) atoms. The number of hydrogen-bond acceptors (Lipinski definition) is 4. The Balaban J connectivity index is 1.53. The van der Waals surface area contributed by atoms with Crippen LogP contribution < -0.4 is 10.6 Å². The smallest absolute Gasteiger partial charge is 0.278 e. The van der Waals surface area contributed by atoms with Gasteiger partial charge in [-0.05, 0) is 56.7 Å². The van der Waals surface area contributed by atoms with Crippen LogP contribution in [0.25, 0.3) is 0 Å². The molecule has 0 fully saturated rings. The van der Waals surface area contributed by atoms with E-state index in [0.29, 0.717) is 30.0 Å². The summed E-state index contributed by atoms with van der Waals surface area (Å²) in [5, 5.41) is 14.5. The number of carbonyl (C=O) groups excluding carboxylic acids is 2. The summed E-state index contributed by atoms with van der Waals surface area (Å²) < 4.78 is 3.53. The Bertz CT molecular complexity index is 1290.